The normalized spacial score (nSPS) is 23.2. The first kappa shape index (κ1) is 14.0. The Bertz CT molecular complexity index is 291. The number of hydrogen-bond acceptors (Lipinski definition) is 2. The summed E-state index contributed by atoms with van der Waals surface area (Å²) in [7, 11) is 0. The van der Waals surface area contributed by atoms with Gasteiger partial charge in [-0.2, -0.15) is 0 Å². The Balaban J connectivity index is 2.36. The van der Waals surface area contributed by atoms with Crippen LogP contribution in [0.5, 0.6) is 0 Å². The molecule has 17 heavy (non-hydrogen) atoms. The molecule has 4 heteroatoms. The quantitative estimate of drug-likeness (QED) is 0.744. The third-order valence-electron chi connectivity index (χ3n) is 3.67. The molecule has 1 saturated carbocycles. The summed E-state index contributed by atoms with van der Waals surface area (Å²) in [5, 5.41) is 11.6. The van der Waals surface area contributed by atoms with Crippen LogP contribution in [0.25, 0.3) is 0 Å². The first-order chi connectivity index (χ1) is 7.84. The van der Waals surface area contributed by atoms with Crippen LogP contribution in [-0.2, 0) is 9.59 Å². The van der Waals surface area contributed by atoms with Gasteiger partial charge < -0.3 is 10.4 Å². The molecule has 1 rings (SSSR count). The largest absolute Gasteiger partial charge is 0.481 e. The Labute approximate surface area is 103 Å². The predicted molar refractivity (Wildman–Crippen MR) is 65.4 cm³/mol. The number of aliphatic carboxylic acids is 1. The van der Waals surface area contributed by atoms with Crippen molar-refractivity contribution < 1.29 is 14.7 Å². The van der Waals surface area contributed by atoms with E-state index in [4.69, 9.17) is 5.11 Å². The van der Waals surface area contributed by atoms with Crippen molar-refractivity contribution in [2.45, 2.75) is 34.1 Å². The molecule has 0 aliphatic heterocycles. The summed E-state index contributed by atoms with van der Waals surface area (Å²) in [4.78, 5) is 22.3. The van der Waals surface area contributed by atoms with E-state index in [2.05, 4.69) is 33.0 Å². The van der Waals surface area contributed by atoms with Gasteiger partial charge in [0.25, 0.3) is 0 Å². The molecule has 1 aliphatic rings. The molecule has 98 valence electrons. The fraction of sp³-hybridized carbons (Fsp3) is 0.846. The fourth-order valence-corrected chi connectivity index (χ4v) is 2.35. The Kier molecular flexibility index (Phi) is 4.54. The van der Waals surface area contributed by atoms with Crippen LogP contribution in [0.1, 0.15) is 34.1 Å². The van der Waals surface area contributed by atoms with Gasteiger partial charge in [0.15, 0.2) is 0 Å². The molecule has 4 nitrogen and oxygen atoms in total. The summed E-state index contributed by atoms with van der Waals surface area (Å²) in [5.41, 5.74) is 0. The predicted octanol–water partition coefficient (Wildman–Crippen LogP) is 1.75. The second kappa shape index (κ2) is 5.52. The molecule has 1 fully saturated rings. The summed E-state index contributed by atoms with van der Waals surface area (Å²) in [6.07, 6.45) is 0.495. The van der Waals surface area contributed by atoms with Crippen LogP contribution in [0.4, 0.5) is 0 Å². The molecular weight excluding hydrogens is 218 g/mol. The molecule has 0 aromatic carbocycles. The molecule has 2 atom stereocenters. The molecule has 0 saturated heterocycles. The van der Waals surface area contributed by atoms with Crippen LogP contribution >= 0.6 is 0 Å². The van der Waals surface area contributed by atoms with Gasteiger partial charge in [-0.1, -0.05) is 27.7 Å². The van der Waals surface area contributed by atoms with Crippen LogP contribution in [0, 0.1) is 29.6 Å². The Morgan fingerprint density at radius 2 is 1.71 bits per heavy atom. The van der Waals surface area contributed by atoms with Crippen LogP contribution in [-0.4, -0.2) is 23.5 Å². The number of carboxylic acids is 1. The highest BCUT2D eigenvalue weighted by molar-refractivity contribution is 5.89. The zero-order valence-corrected chi connectivity index (χ0v) is 11.1. The smallest absolute Gasteiger partial charge is 0.307 e. The van der Waals surface area contributed by atoms with Crippen molar-refractivity contribution in [1.29, 1.82) is 0 Å². The standard InChI is InChI=1S/C13H23NO3/c1-7(2)11(8(3)4)6-14-12(15)9-5-10(9)13(16)17/h7-11H,5-6H2,1-4H3,(H,14,15)(H,16,17). The van der Waals surface area contributed by atoms with Crippen molar-refractivity contribution in [3.63, 3.8) is 0 Å². The Morgan fingerprint density at radius 3 is 2.06 bits per heavy atom. The maximum atomic E-state index is 11.7. The molecule has 0 bridgehead atoms. The number of carbonyl (C=O) groups excluding carboxylic acids is 1. The summed E-state index contributed by atoms with van der Waals surface area (Å²) in [6, 6.07) is 0. The lowest BCUT2D eigenvalue weighted by Crippen LogP contribution is -2.35. The molecular formula is C13H23NO3. The van der Waals surface area contributed by atoms with Gasteiger partial charge in [0.05, 0.1) is 11.8 Å². The van der Waals surface area contributed by atoms with Crippen LogP contribution in [0.2, 0.25) is 0 Å². The van der Waals surface area contributed by atoms with E-state index in [9.17, 15) is 9.59 Å². The first-order valence-electron chi connectivity index (χ1n) is 6.35. The minimum atomic E-state index is -0.852. The lowest BCUT2D eigenvalue weighted by atomic mass is 9.85. The van der Waals surface area contributed by atoms with Gasteiger partial charge >= 0.3 is 5.97 Å². The van der Waals surface area contributed by atoms with E-state index >= 15 is 0 Å². The van der Waals surface area contributed by atoms with E-state index in [1.165, 1.54) is 0 Å². The summed E-state index contributed by atoms with van der Waals surface area (Å²) in [5.74, 6) is -0.215. The van der Waals surface area contributed by atoms with Crippen LogP contribution < -0.4 is 5.32 Å². The number of rotatable bonds is 6. The maximum Gasteiger partial charge on any atom is 0.307 e. The molecule has 2 N–H and O–H groups in total. The lowest BCUT2D eigenvalue weighted by Gasteiger charge is -2.25. The molecule has 0 spiro atoms. The van der Waals surface area contributed by atoms with E-state index in [1.54, 1.807) is 0 Å². The van der Waals surface area contributed by atoms with Gasteiger partial charge in [-0.3, -0.25) is 9.59 Å². The molecule has 0 radical (unpaired) electrons. The van der Waals surface area contributed by atoms with Crippen molar-refractivity contribution in [2.24, 2.45) is 29.6 Å². The van der Waals surface area contributed by atoms with Gasteiger partial charge in [-0.05, 0) is 24.2 Å². The molecule has 1 aliphatic carbocycles. The van der Waals surface area contributed by atoms with Crippen LogP contribution in [0.3, 0.4) is 0 Å². The Morgan fingerprint density at radius 1 is 1.18 bits per heavy atom. The average Bonchev–Trinajstić information content (AvgIpc) is 2.95. The second-order valence-electron chi connectivity index (χ2n) is 5.68. The number of carboxylic acid groups (broad SMARTS) is 1. The van der Waals surface area contributed by atoms with E-state index < -0.39 is 11.9 Å². The van der Waals surface area contributed by atoms with Crippen molar-refractivity contribution in [3.05, 3.63) is 0 Å². The van der Waals surface area contributed by atoms with Gasteiger partial charge in [0.1, 0.15) is 0 Å². The third kappa shape index (κ3) is 3.72. The van der Waals surface area contributed by atoms with Crippen molar-refractivity contribution in [2.75, 3.05) is 6.54 Å². The van der Waals surface area contributed by atoms with Gasteiger partial charge in [0.2, 0.25) is 5.91 Å². The molecule has 0 heterocycles. The van der Waals surface area contributed by atoms with Crippen LogP contribution in [0.15, 0.2) is 0 Å². The van der Waals surface area contributed by atoms with Gasteiger partial charge in [-0.15, -0.1) is 0 Å². The first-order valence-corrected chi connectivity index (χ1v) is 6.35. The molecule has 2 unspecified atom stereocenters. The van der Waals surface area contributed by atoms with Crippen molar-refractivity contribution >= 4 is 11.9 Å². The van der Waals surface area contributed by atoms with Crippen molar-refractivity contribution in [1.82, 2.24) is 5.32 Å². The highest BCUT2D eigenvalue weighted by Gasteiger charge is 2.48. The number of carbonyl (C=O) groups is 2. The minimum Gasteiger partial charge on any atom is -0.481 e. The number of hydrogen-bond donors (Lipinski definition) is 2. The highest BCUT2D eigenvalue weighted by atomic mass is 16.4. The zero-order chi connectivity index (χ0) is 13.2. The topological polar surface area (TPSA) is 66.4 Å². The van der Waals surface area contributed by atoms with E-state index in [0.717, 1.165) is 0 Å². The third-order valence-corrected chi connectivity index (χ3v) is 3.67. The zero-order valence-electron chi connectivity index (χ0n) is 11.1. The molecule has 0 aromatic rings. The second-order valence-corrected chi connectivity index (χ2v) is 5.68. The monoisotopic (exact) mass is 241 g/mol. The van der Waals surface area contributed by atoms with Crippen molar-refractivity contribution in [3.8, 4) is 0 Å². The summed E-state index contributed by atoms with van der Waals surface area (Å²) < 4.78 is 0. The number of amides is 1. The Hall–Kier alpha value is -1.06. The SMILES string of the molecule is CC(C)C(CNC(=O)C1CC1C(=O)O)C(C)C. The lowest BCUT2D eigenvalue weighted by molar-refractivity contribution is -0.140. The fourth-order valence-electron chi connectivity index (χ4n) is 2.35. The molecule has 1 amide bonds. The highest BCUT2D eigenvalue weighted by Crippen LogP contribution is 2.38. The summed E-state index contributed by atoms with van der Waals surface area (Å²) in [6.45, 7) is 9.24. The van der Waals surface area contributed by atoms with E-state index in [1.807, 2.05) is 0 Å². The minimum absolute atomic E-state index is 0.0938. The molecule has 0 aromatic heterocycles. The average molecular weight is 241 g/mol. The summed E-state index contributed by atoms with van der Waals surface area (Å²) >= 11 is 0. The van der Waals surface area contributed by atoms with Gasteiger partial charge in [-0.25, -0.2) is 0 Å². The number of nitrogens with one attached hydrogen (secondary N) is 1. The van der Waals surface area contributed by atoms with E-state index in [0.29, 0.717) is 30.7 Å². The maximum absolute atomic E-state index is 11.7. The van der Waals surface area contributed by atoms with E-state index in [-0.39, 0.29) is 11.8 Å². The van der Waals surface area contributed by atoms with Gasteiger partial charge in [0, 0.05) is 6.54 Å².